The smallest absolute Gasteiger partial charge is 0.243 e. The van der Waals surface area contributed by atoms with Gasteiger partial charge in [-0.05, 0) is 58.9 Å². The summed E-state index contributed by atoms with van der Waals surface area (Å²) in [5.74, 6) is 1.15. The minimum atomic E-state index is -3.98. The summed E-state index contributed by atoms with van der Waals surface area (Å²) in [6, 6.07) is 5.30. The molecule has 1 saturated heterocycles. The molecule has 12 heteroatoms. The lowest BCUT2D eigenvalue weighted by Gasteiger charge is -2.25. The van der Waals surface area contributed by atoms with Gasteiger partial charge in [-0.15, -0.1) is 10.2 Å². The number of nitrogens with zero attached hydrogens (tertiary/aromatic N) is 5. The first-order valence-electron chi connectivity index (χ1n) is 12.1. The molecule has 1 aromatic heterocycles. The Morgan fingerprint density at radius 3 is 2.43 bits per heavy atom. The standard InChI is InChI=1S/C25H36N6O5S/c1-16(2)15-27-23(26-5)17(3)18(4)37(32,33)30-25-29-28-24(21-11-8-9-14-36-21)31(25)22-19(34-6)12-10-13-20(22)35-7/h10,12-13,15,17-18,21H,5,8-9,11,14H2,1-4,6-7H3,(H,29,30)/t17-,18-,21+/m0/s1. The van der Waals surface area contributed by atoms with Gasteiger partial charge in [0.1, 0.15) is 29.1 Å². The summed E-state index contributed by atoms with van der Waals surface area (Å²) in [4.78, 5) is 8.27. The van der Waals surface area contributed by atoms with Gasteiger partial charge in [-0.1, -0.05) is 18.6 Å². The molecule has 0 aliphatic carbocycles. The van der Waals surface area contributed by atoms with Crippen LogP contribution in [0.3, 0.4) is 0 Å². The van der Waals surface area contributed by atoms with E-state index >= 15 is 0 Å². The summed E-state index contributed by atoms with van der Waals surface area (Å²) in [5, 5.41) is 7.66. The molecule has 1 aliphatic rings. The SMILES string of the molecule is C=NC(=NC=C(C)C)[C@@H](C)[C@H](C)S(=O)(=O)Nc1nnc([C@H]2CCCCO2)n1-c1c(OC)cccc1OC. The molecule has 0 spiro atoms. The zero-order chi connectivity index (χ0) is 27.2. The first-order chi connectivity index (χ1) is 17.6. The van der Waals surface area contributed by atoms with Gasteiger partial charge in [0.25, 0.3) is 0 Å². The van der Waals surface area contributed by atoms with Gasteiger partial charge >= 0.3 is 0 Å². The monoisotopic (exact) mass is 532 g/mol. The maximum Gasteiger partial charge on any atom is 0.243 e. The topological polar surface area (TPSA) is 129 Å². The summed E-state index contributed by atoms with van der Waals surface area (Å²) < 4.78 is 48.5. The molecule has 2 heterocycles. The number of amidine groups is 1. The van der Waals surface area contributed by atoms with Crippen molar-refractivity contribution in [1.29, 1.82) is 0 Å². The quantitative estimate of drug-likeness (QED) is 0.356. The number of allylic oxidation sites excluding steroid dienone is 1. The Hall–Kier alpha value is -3.25. The number of ether oxygens (including phenoxy) is 3. The average Bonchev–Trinajstić information content (AvgIpc) is 3.30. The van der Waals surface area contributed by atoms with Crippen molar-refractivity contribution in [1.82, 2.24) is 14.8 Å². The number of aromatic nitrogens is 3. The molecule has 1 aliphatic heterocycles. The fraction of sp³-hybridized carbons (Fsp3) is 0.520. The van der Waals surface area contributed by atoms with Crippen molar-refractivity contribution in [3.05, 3.63) is 35.8 Å². The number of anilines is 1. The summed E-state index contributed by atoms with van der Waals surface area (Å²) in [6.45, 7) is 11.3. The maximum absolute atomic E-state index is 13.6. The zero-order valence-corrected chi connectivity index (χ0v) is 23.1. The van der Waals surface area contributed by atoms with Crippen molar-refractivity contribution in [2.75, 3.05) is 25.5 Å². The van der Waals surface area contributed by atoms with Crippen LogP contribution in [-0.2, 0) is 14.8 Å². The lowest BCUT2D eigenvalue weighted by atomic mass is 10.1. The van der Waals surface area contributed by atoms with Crippen LogP contribution in [0.5, 0.6) is 11.5 Å². The molecular formula is C25H36N6O5S. The second-order valence-electron chi connectivity index (χ2n) is 9.08. The second-order valence-corrected chi connectivity index (χ2v) is 11.1. The summed E-state index contributed by atoms with van der Waals surface area (Å²) in [5.41, 5.74) is 1.43. The molecule has 0 saturated carbocycles. The van der Waals surface area contributed by atoms with Crippen LogP contribution in [-0.4, -0.2) is 61.8 Å². The van der Waals surface area contributed by atoms with Crippen LogP contribution in [0.1, 0.15) is 58.9 Å². The second kappa shape index (κ2) is 12.3. The highest BCUT2D eigenvalue weighted by Crippen LogP contribution is 2.38. The molecular weight excluding hydrogens is 496 g/mol. The molecule has 11 nitrogen and oxygen atoms in total. The van der Waals surface area contributed by atoms with E-state index in [1.807, 2.05) is 13.8 Å². The van der Waals surface area contributed by atoms with Crippen LogP contribution in [0.2, 0.25) is 0 Å². The molecule has 1 N–H and O–H groups in total. The van der Waals surface area contributed by atoms with Gasteiger partial charge in [-0.25, -0.2) is 18.4 Å². The van der Waals surface area contributed by atoms with Gasteiger partial charge in [0.05, 0.1) is 19.5 Å². The Kier molecular flexibility index (Phi) is 9.44. The fourth-order valence-corrected chi connectivity index (χ4v) is 5.22. The number of nitrogens with one attached hydrogen (secondary N) is 1. The van der Waals surface area contributed by atoms with Crippen molar-refractivity contribution >= 4 is 28.5 Å². The van der Waals surface area contributed by atoms with Gasteiger partial charge in [0.2, 0.25) is 16.0 Å². The molecule has 0 amide bonds. The molecule has 202 valence electrons. The van der Waals surface area contributed by atoms with Crippen molar-refractivity contribution in [3.63, 3.8) is 0 Å². The minimum Gasteiger partial charge on any atom is -0.494 e. The Balaban J connectivity index is 2.09. The largest absolute Gasteiger partial charge is 0.494 e. The van der Waals surface area contributed by atoms with E-state index in [9.17, 15) is 8.42 Å². The van der Waals surface area contributed by atoms with Gasteiger partial charge < -0.3 is 14.2 Å². The van der Waals surface area contributed by atoms with E-state index in [0.717, 1.165) is 24.8 Å². The van der Waals surface area contributed by atoms with Crippen LogP contribution in [0, 0.1) is 5.92 Å². The molecule has 3 rings (SSSR count). The maximum atomic E-state index is 13.6. The number of methoxy groups -OCH3 is 2. The number of hydrogen-bond acceptors (Lipinski definition) is 8. The number of sulfonamides is 1. The molecule has 1 fully saturated rings. The van der Waals surface area contributed by atoms with Crippen LogP contribution >= 0.6 is 0 Å². The van der Waals surface area contributed by atoms with Gasteiger partial charge in [-0.2, -0.15) is 0 Å². The molecule has 0 radical (unpaired) electrons. The van der Waals surface area contributed by atoms with E-state index in [2.05, 4.69) is 31.6 Å². The molecule has 3 atom stereocenters. The molecule has 0 unspecified atom stereocenters. The van der Waals surface area contributed by atoms with E-state index < -0.39 is 21.2 Å². The predicted octanol–water partition coefficient (Wildman–Crippen LogP) is 4.32. The molecule has 2 aromatic rings. The third-order valence-electron chi connectivity index (χ3n) is 6.23. The summed E-state index contributed by atoms with van der Waals surface area (Å²) in [6.07, 6.45) is 3.90. The Bertz CT molecular complexity index is 1240. The number of hydrogen-bond donors (Lipinski definition) is 1. The normalized spacial score (nSPS) is 18.0. The van der Waals surface area contributed by atoms with E-state index in [-0.39, 0.29) is 12.1 Å². The fourth-order valence-electron chi connectivity index (χ4n) is 3.98. The van der Waals surface area contributed by atoms with Gasteiger partial charge in [0.15, 0.2) is 5.82 Å². The van der Waals surface area contributed by atoms with Crippen LogP contribution in [0.25, 0.3) is 5.69 Å². The predicted molar refractivity (Wildman–Crippen MR) is 145 cm³/mol. The highest BCUT2D eigenvalue weighted by molar-refractivity contribution is 7.93. The number of rotatable bonds is 10. The highest BCUT2D eigenvalue weighted by atomic mass is 32.2. The number of para-hydroxylation sites is 1. The highest BCUT2D eigenvalue weighted by Gasteiger charge is 2.34. The lowest BCUT2D eigenvalue weighted by molar-refractivity contribution is 0.00839. The van der Waals surface area contributed by atoms with E-state index in [1.165, 1.54) is 14.2 Å². The third kappa shape index (κ3) is 6.37. The van der Waals surface area contributed by atoms with Crippen molar-refractivity contribution in [2.24, 2.45) is 15.9 Å². The van der Waals surface area contributed by atoms with Crippen LogP contribution in [0.4, 0.5) is 5.95 Å². The first-order valence-corrected chi connectivity index (χ1v) is 13.7. The Morgan fingerprint density at radius 2 is 1.89 bits per heavy atom. The zero-order valence-electron chi connectivity index (χ0n) is 22.3. The number of aliphatic imine (C=N–C) groups is 2. The Morgan fingerprint density at radius 1 is 1.22 bits per heavy atom. The van der Waals surface area contributed by atoms with Crippen LogP contribution < -0.4 is 14.2 Å². The van der Waals surface area contributed by atoms with Crippen molar-refractivity contribution in [3.8, 4) is 17.2 Å². The minimum absolute atomic E-state index is 0.000345. The van der Waals surface area contributed by atoms with E-state index in [0.29, 0.717) is 35.5 Å². The third-order valence-corrected chi connectivity index (χ3v) is 8.09. The van der Waals surface area contributed by atoms with E-state index in [4.69, 9.17) is 14.2 Å². The first kappa shape index (κ1) is 28.3. The molecule has 1 aromatic carbocycles. The summed E-state index contributed by atoms with van der Waals surface area (Å²) >= 11 is 0. The lowest BCUT2D eigenvalue weighted by Crippen LogP contribution is -2.35. The Labute approximate surface area is 218 Å². The van der Waals surface area contributed by atoms with Crippen molar-refractivity contribution in [2.45, 2.75) is 58.3 Å². The summed E-state index contributed by atoms with van der Waals surface area (Å²) in [7, 11) is -0.918. The van der Waals surface area contributed by atoms with Gasteiger partial charge in [-0.3, -0.25) is 9.29 Å². The van der Waals surface area contributed by atoms with Crippen LogP contribution in [0.15, 0.2) is 40.0 Å². The van der Waals surface area contributed by atoms with E-state index in [1.54, 1.807) is 42.8 Å². The average molecular weight is 533 g/mol. The molecule has 37 heavy (non-hydrogen) atoms. The number of benzene rings is 1. The molecule has 0 bridgehead atoms. The van der Waals surface area contributed by atoms with Gasteiger partial charge in [0, 0.05) is 18.7 Å². The van der Waals surface area contributed by atoms with Crippen molar-refractivity contribution < 1.29 is 22.6 Å².